The second-order valence-corrected chi connectivity index (χ2v) is 6.19. The highest BCUT2D eigenvalue weighted by molar-refractivity contribution is 9.10. The Labute approximate surface area is 139 Å². The first-order chi connectivity index (χ1) is 10.6. The SMILES string of the molecule is CCCC(CCC)C(=O)NNc1cnc2ccc(Br)cc2n1. The molecule has 0 bridgehead atoms. The number of nitrogens with zero attached hydrogens (tertiary/aromatic N) is 2. The van der Waals surface area contributed by atoms with E-state index in [9.17, 15) is 4.79 Å². The molecule has 1 aromatic heterocycles. The number of halogens is 1. The molecule has 1 heterocycles. The van der Waals surface area contributed by atoms with Crippen molar-refractivity contribution in [2.75, 3.05) is 5.43 Å². The van der Waals surface area contributed by atoms with Gasteiger partial charge in [-0.15, -0.1) is 0 Å². The average Bonchev–Trinajstić information content (AvgIpc) is 2.52. The lowest BCUT2D eigenvalue weighted by Crippen LogP contribution is -2.35. The third-order valence-electron chi connectivity index (χ3n) is 3.46. The maximum atomic E-state index is 12.2. The fourth-order valence-electron chi connectivity index (χ4n) is 2.38. The minimum absolute atomic E-state index is 0.0137. The van der Waals surface area contributed by atoms with Crippen molar-refractivity contribution in [2.45, 2.75) is 39.5 Å². The van der Waals surface area contributed by atoms with Crippen molar-refractivity contribution in [2.24, 2.45) is 5.92 Å². The average molecular weight is 365 g/mol. The molecule has 6 heteroatoms. The van der Waals surface area contributed by atoms with Crippen molar-refractivity contribution in [1.82, 2.24) is 15.4 Å². The highest BCUT2D eigenvalue weighted by Crippen LogP contribution is 2.18. The smallest absolute Gasteiger partial charge is 0.241 e. The maximum absolute atomic E-state index is 12.2. The van der Waals surface area contributed by atoms with Crippen LogP contribution in [-0.4, -0.2) is 15.9 Å². The predicted octanol–water partition coefficient (Wildman–Crippen LogP) is 4.05. The van der Waals surface area contributed by atoms with Crippen molar-refractivity contribution < 1.29 is 4.79 Å². The van der Waals surface area contributed by atoms with Crippen LogP contribution in [0.4, 0.5) is 5.82 Å². The van der Waals surface area contributed by atoms with Gasteiger partial charge in [0.1, 0.15) is 0 Å². The number of fused-ring (bicyclic) bond motifs is 1. The Hall–Kier alpha value is -1.69. The van der Waals surface area contributed by atoms with Crippen LogP contribution in [0.5, 0.6) is 0 Å². The van der Waals surface area contributed by atoms with Gasteiger partial charge >= 0.3 is 0 Å². The molecule has 0 spiro atoms. The van der Waals surface area contributed by atoms with E-state index >= 15 is 0 Å². The Morgan fingerprint density at radius 3 is 2.64 bits per heavy atom. The number of rotatable bonds is 7. The monoisotopic (exact) mass is 364 g/mol. The molecule has 0 aliphatic rings. The number of hydrogen-bond acceptors (Lipinski definition) is 4. The van der Waals surface area contributed by atoms with Crippen LogP contribution in [0, 0.1) is 5.92 Å². The summed E-state index contributed by atoms with van der Waals surface area (Å²) < 4.78 is 0.946. The molecule has 1 amide bonds. The van der Waals surface area contributed by atoms with E-state index in [4.69, 9.17) is 0 Å². The molecule has 1 aromatic carbocycles. The minimum Gasteiger partial charge on any atom is -0.281 e. The standard InChI is InChI=1S/C16H21BrN4O/c1-3-5-11(6-4-2)16(22)21-20-15-10-18-13-8-7-12(17)9-14(13)19-15/h7-11H,3-6H2,1-2H3,(H,19,20)(H,21,22). The van der Waals surface area contributed by atoms with Crippen LogP contribution in [0.15, 0.2) is 28.9 Å². The Morgan fingerprint density at radius 1 is 1.23 bits per heavy atom. The Bertz CT molecular complexity index is 641. The van der Waals surface area contributed by atoms with Crippen LogP contribution in [0.1, 0.15) is 39.5 Å². The van der Waals surface area contributed by atoms with E-state index < -0.39 is 0 Å². The van der Waals surface area contributed by atoms with E-state index in [1.165, 1.54) is 0 Å². The summed E-state index contributed by atoms with van der Waals surface area (Å²) in [6.07, 6.45) is 5.42. The topological polar surface area (TPSA) is 66.9 Å². The fourth-order valence-corrected chi connectivity index (χ4v) is 2.73. The van der Waals surface area contributed by atoms with E-state index in [0.717, 1.165) is 41.2 Å². The lowest BCUT2D eigenvalue weighted by Gasteiger charge is -2.16. The van der Waals surface area contributed by atoms with Crippen LogP contribution in [0.25, 0.3) is 11.0 Å². The quantitative estimate of drug-likeness (QED) is 0.727. The van der Waals surface area contributed by atoms with Gasteiger partial charge in [0.05, 0.1) is 17.2 Å². The van der Waals surface area contributed by atoms with Gasteiger partial charge in [0.2, 0.25) is 5.91 Å². The molecule has 0 saturated heterocycles. The highest BCUT2D eigenvalue weighted by atomic mass is 79.9. The van der Waals surface area contributed by atoms with Crippen LogP contribution < -0.4 is 10.9 Å². The zero-order valence-electron chi connectivity index (χ0n) is 12.9. The molecule has 22 heavy (non-hydrogen) atoms. The Morgan fingerprint density at radius 2 is 1.95 bits per heavy atom. The summed E-state index contributed by atoms with van der Waals surface area (Å²) in [6, 6.07) is 5.71. The number of hydrogen-bond donors (Lipinski definition) is 2. The van der Waals surface area contributed by atoms with Gasteiger partial charge in [-0.05, 0) is 31.0 Å². The molecule has 0 radical (unpaired) electrons. The third-order valence-corrected chi connectivity index (χ3v) is 3.96. The molecule has 0 aliphatic carbocycles. The Balaban J connectivity index is 2.02. The molecule has 0 atom stereocenters. The first-order valence-corrected chi connectivity index (χ1v) is 8.41. The van der Waals surface area contributed by atoms with E-state index in [1.807, 2.05) is 18.2 Å². The van der Waals surface area contributed by atoms with Crippen LogP contribution in [-0.2, 0) is 4.79 Å². The van der Waals surface area contributed by atoms with Crippen molar-refractivity contribution >= 4 is 38.7 Å². The molecule has 2 aromatic rings. The lowest BCUT2D eigenvalue weighted by atomic mass is 9.98. The molecular formula is C16H21BrN4O. The van der Waals surface area contributed by atoms with E-state index in [-0.39, 0.29) is 11.8 Å². The van der Waals surface area contributed by atoms with Crippen LogP contribution in [0.3, 0.4) is 0 Å². The number of aromatic nitrogens is 2. The third kappa shape index (κ3) is 4.40. The maximum Gasteiger partial charge on any atom is 0.241 e. The predicted molar refractivity (Wildman–Crippen MR) is 92.3 cm³/mol. The second-order valence-electron chi connectivity index (χ2n) is 5.28. The van der Waals surface area contributed by atoms with E-state index in [0.29, 0.717) is 5.82 Å². The molecule has 0 fully saturated rings. The largest absolute Gasteiger partial charge is 0.281 e. The van der Waals surface area contributed by atoms with E-state index in [2.05, 4.69) is 50.6 Å². The van der Waals surface area contributed by atoms with Gasteiger partial charge in [-0.3, -0.25) is 20.6 Å². The van der Waals surface area contributed by atoms with Gasteiger partial charge in [0.25, 0.3) is 0 Å². The summed E-state index contributed by atoms with van der Waals surface area (Å²) in [5.74, 6) is 0.593. The molecule has 118 valence electrons. The second kappa shape index (κ2) is 8.08. The van der Waals surface area contributed by atoms with Gasteiger partial charge in [-0.25, -0.2) is 4.98 Å². The molecule has 0 saturated carbocycles. The summed E-state index contributed by atoms with van der Waals surface area (Å²) in [5.41, 5.74) is 7.20. The Kier molecular flexibility index (Phi) is 6.12. The van der Waals surface area contributed by atoms with Gasteiger partial charge < -0.3 is 0 Å². The number of amides is 1. The first-order valence-electron chi connectivity index (χ1n) is 7.62. The fraction of sp³-hybridized carbons (Fsp3) is 0.438. The summed E-state index contributed by atoms with van der Waals surface area (Å²) >= 11 is 3.41. The summed E-state index contributed by atoms with van der Waals surface area (Å²) in [5, 5.41) is 0. The number of carbonyl (C=O) groups is 1. The number of anilines is 1. The lowest BCUT2D eigenvalue weighted by molar-refractivity contribution is -0.124. The molecule has 5 nitrogen and oxygen atoms in total. The first kappa shape index (κ1) is 16.7. The summed E-state index contributed by atoms with van der Waals surface area (Å²) in [7, 11) is 0. The minimum atomic E-state index is 0.0137. The van der Waals surface area contributed by atoms with Gasteiger partial charge in [0, 0.05) is 10.4 Å². The van der Waals surface area contributed by atoms with E-state index in [1.54, 1.807) is 6.20 Å². The molecule has 0 unspecified atom stereocenters. The molecule has 0 aliphatic heterocycles. The zero-order valence-corrected chi connectivity index (χ0v) is 14.5. The number of hydrazine groups is 1. The van der Waals surface area contributed by atoms with Crippen LogP contribution in [0.2, 0.25) is 0 Å². The number of nitrogens with one attached hydrogen (secondary N) is 2. The number of benzene rings is 1. The summed E-state index contributed by atoms with van der Waals surface area (Å²) in [6.45, 7) is 4.19. The molecule has 2 rings (SSSR count). The van der Waals surface area contributed by atoms with Gasteiger partial charge in [0.15, 0.2) is 5.82 Å². The zero-order chi connectivity index (χ0) is 15.9. The van der Waals surface area contributed by atoms with Crippen molar-refractivity contribution in [3.63, 3.8) is 0 Å². The van der Waals surface area contributed by atoms with Gasteiger partial charge in [-0.2, -0.15) is 0 Å². The molecular weight excluding hydrogens is 344 g/mol. The molecule has 2 N–H and O–H groups in total. The van der Waals surface area contributed by atoms with Crippen molar-refractivity contribution in [1.29, 1.82) is 0 Å². The summed E-state index contributed by atoms with van der Waals surface area (Å²) in [4.78, 5) is 20.9. The van der Waals surface area contributed by atoms with Crippen molar-refractivity contribution in [3.05, 3.63) is 28.9 Å². The van der Waals surface area contributed by atoms with Crippen LogP contribution >= 0.6 is 15.9 Å². The highest BCUT2D eigenvalue weighted by Gasteiger charge is 2.16. The normalized spacial score (nSPS) is 10.9. The van der Waals surface area contributed by atoms with Crippen molar-refractivity contribution in [3.8, 4) is 0 Å². The van der Waals surface area contributed by atoms with Gasteiger partial charge in [-0.1, -0.05) is 42.6 Å². The number of carbonyl (C=O) groups excluding carboxylic acids is 1.